The van der Waals surface area contributed by atoms with E-state index in [-0.39, 0.29) is 16.9 Å². The van der Waals surface area contributed by atoms with Gasteiger partial charge in [0.25, 0.3) is 11.8 Å². The van der Waals surface area contributed by atoms with Crippen molar-refractivity contribution in [2.24, 2.45) is 11.4 Å². The lowest BCUT2D eigenvalue weighted by Crippen LogP contribution is -2.42. The summed E-state index contributed by atoms with van der Waals surface area (Å²) in [6.45, 7) is 4.41. The molecule has 3 aromatic heterocycles. The van der Waals surface area contributed by atoms with E-state index in [1.807, 2.05) is 6.92 Å². The van der Waals surface area contributed by atoms with Gasteiger partial charge in [0.05, 0.1) is 32.9 Å². The molecule has 11 heteroatoms. The Balaban J connectivity index is 1.53. The van der Waals surface area contributed by atoms with Crippen LogP contribution < -0.4 is 0 Å². The van der Waals surface area contributed by atoms with E-state index in [2.05, 4.69) is 19.4 Å². The maximum absolute atomic E-state index is 13.3. The van der Waals surface area contributed by atoms with Crippen molar-refractivity contribution in [2.45, 2.75) is 31.9 Å². The number of carbonyl (C=O) groups excluding carboxylic acids is 2. The summed E-state index contributed by atoms with van der Waals surface area (Å²) >= 11 is 0. The topological polar surface area (TPSA) is 124 Å². The van der Waals surface area contributed by atoms with Gasteiger partial charge in [-0.15, -0.1) is 0 Å². The Morgan fingerprint density at radius 3 is 2.58 bits per heavy atom. The largest absolute Gasteiger partial charge is 0.438 e. The van der Waals surface area contributed by atoms with Gasteiger partial charge in [0, 0.05) is 37.0 Å². The Kier molecular flexibility index (Phi) is 5.38. The van der Waals surface area contributed by atoms with Gasteiger partial charge in [-0.05, 0) is 32.8 Å². The number of likely N-dealkylation sites (tertiary alicyclic amines) is 1. The van der Waals surface area contributed by atoms with Crippen LogP contribution in [0.5, 0.6) is 0 Å². The molecule has 1 fully saturated rings. The fraction of sp³-hybridized carbons (Fsp3) is 0.450. The van der Waals surface area contributed by atoms with Gasteiger partial charge in [0.1, 0.15) is 0 Å². The van der Waals surface area contributed by atoms with Crippen molar-refractivity contribution < 1.29 is 18.2 Å². The summed E-state index contributed by atoms with van der Waals surface area (Å²) in [7, 11) is -1.01. The van der Waals surface area contributed by atoms with Gasteiger partial charge in [0.15, 0.2) is 12.0 Å². The van der Waals surface area contributed by atoms with E-state index in [0.717, 1.165) is 11.1 Å². The summed E-state index contributed by atoms with van der Waals surface area (Å²) in [4.78, 5) is 35.2. The molecule has 0 radical (unpaired) electrons. The van der Waals surface area contributed by atoms with Crippen LogP contribution in [0.25, 0.3) is 11.0 Å². The summed E-state index contributed by atoms with van der Waals surface area (Å²) in [6.07, 6.45) is 5.08. The van der Waals surface area contributed by atoms with Crippen molar-refractivity contribution in [3.05, 3.63) is 41.4 Å². The Bertz CT molecular complexity index is 1280. The van der Waals surface area contributed by atoms with Crippen LogP contribution in [0, 0.1) is 13.8 Å². The molecule has 0 aromatic carbocycles. The Morgan fingerprint density at radius 2 is 1.94 bits per heavy atom. The van der Waals surface area contributed by atoms with E-state index in [9.17, 15) is 13.8 Å². The monoisotopic (exact) mass is 444 g/mol. The predicted octanol–water partition coefficient (Wildman–Crippen LogP) is 2.12. The average molecular weight is 445 g/mol. The SMILES string of the molecule is Cc1nc2c(cc1C(=O)N=S(C)(=O)C1CCN(C(=O)c3cnco3)CC1)c(C)nn2C. The number of aromatic nitrogens is 4. The van der Waals surface area contributed by atoms with E-state index >= 15 is 0 Å². The molecule has 10 nitrogen and oxygen atoms in total. The lowest BCUT2D eigenvalue weighted by atomic mass is 10.1. The Labute approximate surface area is 179 Å². The second kappa shape index (κ2) is 7.88. The molecule has 3 aromatic rings. The summed E-state index contributed by atoms with van der Waals surface area (Å²) in [5.41, 5.74) is 2.30. The lowest BCUT2D eigenvalue weighted by molar-refractivity contribution is 0.0693. The van der Waals surface area contributed by atoms with Crippen molar-refractivity contribution in [3.63, 3.8) is 0 Å². The molecule has 0 saturated carbocycles. The minimum atomic E-state index is -2.81. The van der Waals surface area contributed by atoms with Gasteiger partial charge in [-0.3, -0.25) is 14.3 Å². The number of pyridine rings is 1. The van der Waals surface area contributed by atoms with Crippen LogP contribution in [0.4, 0.5) is 0 Å². The number of nitrogens with zero attached hydrogens (tertiary/aromatic N) is 6. The van der Waals surface area contributed by atoms with Crippen LogP contribution >= 0.6 is 0 Å². The second-order valence-corrected chi connectivity index (χ2v) is 10.4. The first-order chi connectivity index (χ1) is 14.7. The van der Waals surface area contributed by atoms with Crippen molar-refractivity contribution in [1.29, 1.82) is 0 Å². The number of hydrogen-bond acceptors (Lipinski definition) is 7. The number of hydrogen-bond donors (Lipinski definition) is 0. The van der Waals surface area contributed by atoms with Gasteiger partial charge in [0.2, 0.25) is 5.76 Å². The molecular formula is C20H24N6O4S. The first kappa shape index (κ1) is 21.2. The van der Waals surface area contributed by atoms with Crippen LogP contribution in [0.1, 0.15) is 45.1 Å². The second-order valence-electron chi connectivity index (χ2n) is 7.82. The molecule has 1 aliphatic rings. The third-order valence-corrected chi connectivity index (χ3v) is 7.91. The average Bonchev–Trinajstić information content (AvgIpc) is 3.35. The fourth-order valence-electron chi connectivity index (χ4n) is 3.91. The number of oxazole rings is 1. The molecular weight excluding hydrogens is 420 g/mol. The maximum atomic E-state index is 13.3. The lowest BCUT2D eigenvalue weighted by Gasteiger charge is -2.31. The number of fused-ring (bicyclic) bond motifs is 1. The van der Waals surface area contributed by atoms with Crippen LogP contribution in [-0.2, 0) is 16.8 Å². The summed E-state index contributed by atoms with van der Waals surface area (Å²) < 4.78 is 24.2. The molecule has 164 valence electrons. The maximum Gasteiger partial charge on any atom is 0.291 e. The molecule has 0 N–H and O–H groups in total. The molecule has 31 heavy (non-hydrogen) atoms. The minimum absolute atomic E-state index is 0.180. The molecule has 1 unspecified atom stereocenters. The van der Waals surface area contributed by atoms with E-state index in [1.54, 1.807) is 29.6 Å². The van der Waals surface area contributed by atoms with Crippen LogP contribution in [-0.4, -0.2) is 65.3 Å². The summed E-state index contributed by atoms with van der Waals surface area (Å²) in [6, 6.07) is 1.72. The summed E-state index contributed by atoms with van der Waals surface area (Å²) in [5.74, 6) is -0.601. The highest BCUT2D eigenvalue weighted by atomic mass is 32.2. The van der Waals surface area contributed by atoms with Gasteiger partial charge < -0.3 is 9.32 Å². The third-order valence-electron chi connectivity index (χ3n) is 5.67. The van der Waals surface area contributed by atoms with Crippen LogP contribution in [0.2, 0.25) is 0 Å². The molecule has 0 bridgehead atoms. The zero-order chi connectivity index (χ0) is 22.3. The van der Waals surface area contributed by atoms with E-state index < -0.39 is 15.6 Å². The quantitative estimate of drug-likeness (QED) is 0.606. The molecule has 1 aliphatic heterocycles. The normalized spacial score (nSPS) is 17.0. The molecule has 0 aliphatic carbocycles. The first-order valence-electron chi connectivity index (χ1n) is 9.91. The highest BCUT2D eigenvalue weighted by Crippen LogP contribution is 2.23. The van der Waals surface area contributed by atoms with Crippen LogP contribution in [0.3, 0.4) is 0 Å². The zero-order valence-electron chi connectivity index (χ0n) is 17.9. The number of amides is 2. The smallest absolute Gasteiger partial charge is 0.291 e. The van der Waals surface area contributed by atoms with Gasteiger partial charge in [-0.2, -0.15) is 9.46 Å². The molecule has 4 rings (SSSR count). The number of rotatable bonds is 3. The molecule has 1 saturated heterocycles. The van der Waals surface area contributed by atoms with Crippen molar-refractivity contribution >= 4 is 32.6 Å². The predicted molar refractivity (Wildman–Crippen MR) is 114 cm³/mol. The standard InChI is InChI=1S/C20H24N6O4S/c1-12-16(9-15-13(2)23-25(3)18(15)22-12)19(27)24-31(4,29)14-5-7-26(8-6-14)20(28)17-10-21-11-30-17/h9-11,14H,5-8H2,1-4H3. The highest BCUT2D eigenvalue weighted by molar-refractivity contribution is 7.93. The van der Waals surface area contributed by atoms with Crippen molar-refractivity contribution in [3.8, 4) is 0 Å². The number of piperidine rings is 1. The Hall–Kier alpha value is -3.08. The van der Waals surface area contributed by atoms with Gasteiger partial charge in [-0.25, -0.2) is 14.2 Å². The molecule has 2 amide bonds. The van der Waals surface area contributed by atoms with E-state index in [1.165, 1.54) is 18.8 Å². The minimum Gasteiger partial charge on any atom is -0.438 e. The number of carbonyl (C=O) groups is 2. The summed E-state index contributed by atoms with van der Waals surface area (Å²) in [5, 5.41) is 4.82. The van der Waals surface area contributed by atoms with E-state index in [4.69, 9.17) is 4.42 Å². The Morgan fingerprint density at radius 1 is 1.23 bits per heavy atom. The number of aryl methyl sites for hydroxylation is 3. The van der Waals surface area contributed by atoms with Crippen LogP contribution in [0.15, 0.2) is 27.4 Å². The van der Waals surface area contributed by atoms with Crippen molar-refractivity contribution in [1.82, 2.24) is 24.6 Å². The molecule has 1 atom stereocenters. The first-order valence-corrected chi connectivity index (χ1v) is 11.9. The third kappa shape index (κ3) is 3.97. The fourth-order valence-corrected chi connectivity index (χ4v) is 5.57. The zero-order valence-corrected chi connectivity index (χ0v) is 18.7. The van der Waals surface area contributed by atoms with Gasteiger partial charge in [-0.1, -0.05) is 0 Å². The molecule has 0 spiro atoms. The van der Waals surface area contributed by atoms with E-state index in [0.29, 0.717) is 42.8 Å². The molecule has 4 heterocycles. The van der Waals surface area contributed by atoms with Gasteiger partial charge >= 0.3 is 0 Å². The van der Waals surface area contributed by atoms with Crippen molar-refractivity contribution in [2.75, 3.05) is 19.3 Å². The highest BCUT2D eigenvalue weighted by Gasteiger charge is 2.30.